The summed E-state index contributed by atoms with van der Waals surface area (Å²) in [6, 6.07) is 9.53. The van der Waals surface area contributed by atoms with Crippen molar-refractivity contribution in [1.82, 2.24) is 4.98 Å². The molecule has 0 unspecified atom stereocenters. The van der Waals surface area contributed by atoms with Crippen LogP contribution < -0.4 is 0 Å². The molecular formula is C12H7ClN2S. The van der Waals surface area contributed by atoms with Crippen molar-refractivity contribution >= 4 is 34.6 Å². The molecule has 0 aliphatic rings. The highest BCUT2D eigenvalue weighted by Gasteiger charge is 2.04. The number of halogens is 1. The molecule has 0 fully saturated rings. The predicted molar refractivity (Wildman–Crippen MR) is 67.1 cm³/mol. The highest BCUT2D eigenvalue weighted by molar-refractivity contribution is 7.10. The Morgan fingerprint density at radius 3 is 2.88 bits per heavy atom. The number of hydrogen-bond donors (Lipinski definition) is 0. The Hall–Kier alpha value is -1.63. The highest BCUT2D eigenvalue weighted by atomic mass is 35.5. The molecule has 0 radical (unpaired) electrons. The lowest BCUT2D eigenvalue weighted by Crippen LogP contribution is -1.80. The number of aromatic nitrogens is 1. The molecule has 1 aromatic heterocycles. The number of hydrogen-bond acceptors (Lipinski definition) is 3. The molecule has 0 aliphatic carbocycles. The van der Waals surface area contributed by atoms with E-state index in [0.717, 1.165) is 5.56 Å². The fraction of sp³-hybridized carbons (Fsp3) is 0. The summed E-state index contributed by atoms with van der Waals surface area (Å²) in [5, 5.41) is 12.2. The zero-order valence-corrected chi connectivity index (χ0v) is 9.79. The molecule has 0 spiro atoms. The van der Waals surface area contributed by atoms with Gasteiger partial charge in [0.05, 0.1) is 5.57 Å². The molecule has 4 heteroatoms. The third kappa shape index (κ3) is 2.30. The number of nitriles is 1. The van der Waals surface area contributed by atoms with Crippen molar-refractivity contribution < 1.29 is 0 Å². The van der Waals surface area contributed by atoms with Gasteiger partial charge in [0.1, 0.15) is 11.1 Å². The quantitative estimate of drug-likeness (QED) is 0.755. The Labute approximate surface area is 102 Å². The van der Waals surface area contributed by atoms with Crippen molar-refractivity contribution in [1.29, 1.82) is 5.26 Å². The molecule has 0 bridgehead atoms. The molecule has 1 heterocycles. The van der Waals surface area contributed by atoms with E-state index in [1.807, 2.05) is 23.6 Å². The molecule has 0 saturated heterocycles. The van der Waals surface area contributed by atoms with Gasteiger partial charge in [-0.15, -0.1) is 11.3 Å². The minimum Gasteiger partial charge on any atom is -0.244 e. The first-order valence-electron chi connectivity index (χ1n) is 4.57. The molecule has 2 nitrogen and oxygen atoms in total. The molecule has 0 aliphatic heterocycles. The number of allylic oxidation sites excluding steroid dienone is 1. The first kappa shape index (κ1) is 10.9. The van der Waals surface area contributed by atoms with Crippen LogP contribution in [0.15, 0.2) is 35.8 Å². The van der Waals surface area contributed by atoms with E-state index in [-0.39, 0.29) is 0 Å². The van der Waals surface area contributed by atoms with Gasteiger partial charge >= 0.3 is 0 Å². The van der Waals surface area contributed by atoms with Crippen molar-refractivity contribution in [2.24, 2.45) is 0 Å². The lowest BCUT2D eigenvalue weighted by atomic mass is 10.1. The van der Waals surface area contributed by atoms with Crippen LogP contribution >= 0.6 is 22.9 Å². The van der Waals surface area contributed by atoms with Crippen molar-refractivity contribution in [2.45, 2.75) is 0 Å². The van der Waals surface area contributed by atoms with E-state index in [2.05, 4.69) is 11.1 Å². The zero-order chi connectivity index (χ0) is 11.4. The molecular weight excluding hydrogens is 240 g/mol. The summed E-state index contributed by atoms with van der Waals surface area (Å²) in [6.07, 6.45) is 3.43. The molecule has 2 aromatic rings. The third-order valence-electron chi connectivity index (χ3n) is 1.99. The molecule has 0 N–H and O–H groups in total. The fourth-order valence-corrected chi connectivity index (χ4v) is 2.04. The third-order valence-corrected chi connectivity index (χ3v) is 3.14. The molecule has 78 valence electrons. The van der Waals surface area contributed by atoms with Crippen LogP contribution in [0.3, 0.4) is 0 Å². The van der Waals surface area contributed by atoms with Crippen LogP contribution in [0, 0.1) is 11.3 Å². The number of rotatable bonds is 2. The number of nitrogens with zero attached hydrogens (tertiary/aromatic N) is 2. The van der Waals surface area contributed by atoms with Crippen LogP contribution in [0.1, 0.15) is 10.6 Å². The van der Waals surface area contributed by atoms with Crippen molar-refractivity contribution in [3.8, 4) is 6.07 Å². The fourth-order valence-electron chi connectivity index (χ4n) is 1.25. The topological polar surface area (TPSA) is 36.7 Å². The first-order valence-corrected chi connectivity index (χ1v) is 5.83. The average molecular weight is 247 g/mol. The van der Waals surface area contributed by atoms with Crippen molar-refractivity contribution in [3.05, 3.63) is 51.4 Å². The molecule has 0 amide bonds. The second kappa shape index (κ2) is 4.93. The van der Waals surface area contributed by atoms with Gasteiger partial charge in [0.25, 0.3) is 0 Å². The van der Waals surface area contributed by atoms with E-state index in [1.165, 1.54) is 11.3 Å². The summed E-state index contributed by atoms with van der Waals surface area (Å²) in [5.74, 6) is 0. The standard InChI is InChI=1S/C12H7ClN2S/c13-11-4-2-1-3-9(11)7-10(8-14)12-15-5-6-16-12/h1-7H/b10-7+. The van der Waals surface area contributed by atoms with Gasteiger partial charge in [-0.2, -0.15) is 5.26 Å². The van der Waals surface area contributed by atoms with Gasteiger partial charge in [-0.3, -0.25) is 0 Å². The summed E-state index contributed by atoms with van der Waals surface area (Å²) in [4.78, 5) is 4.10. The summed E-state index contributed by atoms with van der Waals surface area (Å²) >= 11 is 7.45. The molecule has 1 aromatic carbocycles. The molecule has 16 heavy (non-hydrogen) atoms. The number of thiazole rings is 1. The molecule has 0 saturated carbocycles. The number of benzene rings is 1. The smallest absolute Gasteiger partial charge is 0.133 e. The maximum absolute atomic E-state index is 9.06. The second-order valence-corrected chi connectivity index (χ2v) is 4.33. The molecule has 2 rings (SSSR count). The zero-order valence-electron chi connectivity index (χ0n) is 8.22. The van der Waals surface area contributed by atoms with Crippen LogP contribution in [0.2, 0.25) is 5.02 Å². The van der Waals surface area contributed by atoms with E-state index in [1.54, 1.807) is 18.3 Å². The first-order chi connectivity index (χ1) is 7.81. The van der Waals surface area contributed by atoms with Gasteiger partial charge < -0.3 is 0 Å². The van der Waals surface area contributed by atoms with Gasteiger partial charge in [-0.1, -0.05) is 29.8 Å². The second-order valence-electron chi connectivity index (χ2n) is 3.03. The lowest BCUT2D eigenvalue weighted by Gasteiger charge is -1.97. The van der Waals surface area contributed by atoms with Gasteiger partial charge in [0.2, 0.25) is 0 Å². The minimum atomic E-state index is 0.531. The minimum absolute atomic E-state index is 0.531. The van der Waals surface area contributed by atoms with Crippen molar-refractivity contribution in [3.63, 3.8) is 0 Å². The highest BCUT2D eigenvalue weighted by Crippen LogP contribution is 2.23. The van der Waals surface area contributed by atoms with Gasteiger partial charge in [-0.05, 0) is 17.7 Å². The Morgan fingerprint density at radius 1 is 1.44 bits per heavy atom. The SMILES string of the molecule is N#C/C(=C\c1ccccc1Cl)c1nccs1. The molecule has 0 atom stereocenters. The summed E-state index contributed by atoms with van der Waals surface area (Å²) in [7, 11) is 0. The normalized spacial score (nSPS) is 11.1. The Kier molecular flexibility index (Phi) is 3.35. The van der Waals surface area contributed by atoms with E-state index in [0.29, 0.717) is 15.6 Å². The van der Waals surface area contributed by atoms with Crippen LogP contribution in [0.25, 0.3) is 11.6 Å². The van der Waals surface area contributed by atoms with Gasteiger partial charge in [0, 0.05) is 16.6 Å². The van der Waals surface area contributed by atoms with Crippen LogP contribution in [0.5, 0.6) is 0 Å². The van der Waals surface area contributed by atoms with Gasteiger partial charge in [-0.25, -0.2) is 4.98 Å². The average Bonchev–Trinajstić information content (AvgIpc) is 2.81. The maximum Gasteiger partial charge on any atom is 0.133 e. The Morgan fingerprint density at radius 2 is 2.25 bits per heavy atom. The lowest BCUT2D eigenvalue weighted by molar-refractivity contribution is 1.38. The summed E-state index contributed by atoms with van der Waals surface area (Å²) < 4.78 is 0. The van der Waals surface area contributed by atoms with E-state index in [9.17, 15) is 0 Å². The van der Waals surface area contributed by atoms with Gasteiger partial charge in [0.15, 0.2) is 0 Å². The Bertz CT molecular complexity index is 553. The summed E-state index contributed by atoms with van der Waals surface area (Å²) in [5.41, 5.74) is 1.36. The Balaban J connectivity index is 2.44. The predicted octanol–water partition coefficient (Wildman–Crippen LogP) is 3.86. The van der Waals surface area contributed by atoms with Crippen LogP contribution in [-0.2, 0) is 0 Å². The summed E-state index contributed by atoms with van der Waals surface area (Å²) in [6.45, 7) is 0. The van der Waals surface area contributed by atoms with Crippen LogP contribution in [0.4, 0.5) is 0 Å². The maximum atomic E-state index is 9.06. The monoisotopic (exact) mass is 246 g/mol. The van der Waals surface area contributed by atoms with E-state index in [4.69, 9.17) is 16.9 Å². The van der Waals surface area contributed by atoms with Crippen LogP contribution in [-0.4, -0.2) is 4.98 Å². The largest absolute Gasteiger partial charge is 0.244 e. The van der Waals surface area contributed by atoms with E-state index < -0.39 is 0 Å². The van der Waals surface area contributed by atoms with Crippen molar-refractivity contribution in [2.75, 3.05) is 0 Å². The van der Waals surface area contributed by atoms with E-state index >= 15 is 0 Å².